The van der Waals surface area contributed by atoms with Crippen LogP contribution in [0.25, 0.3) is 5.69 Å². The number of aromatic nitrogens is 2. The van der Waals surface area contributed by atoms with Crippen molar-refractivity contribution in [2.24, 2.45) is 0 Å². The minimum Gasteiger partial charge on any atom is -0.486 e. The highest BCUT2D eigenvalue weighted by Gasteiger charge is 2.29. The summed E-state index contributed by atoms with van der Waals surface area (Å²) in [5.74, 6) is 0.665. The lowest BCUT2D eigenvalue weighted by atomic mass is 10.1. The highest BCUT2D eigenvalue weighted by Crippen LogP contribution is 2.33. The number of rotatable bonds is 5. The molecule has 2 aromatic carbocycles. The first kappa shape index (κ1) is 20.9. The number of amides is 2. The van der Waals surface area contributed by atoms with Crippen LogP contribution in [0.4, 0.5) is 10.5 Å². The maximum atomic E-state index is 12.4. The van der Waals surface area contributed by atoms with E-state index in [9.17, 15) is 4.79 Å². The van der Waals surface area contributed by atoms with E-state index in [0.717, 1.165) is 33.8 Å². The molecule has 0 atom stereocenters. The molecule has 2 amide bonds. The minimum absolute atomic E-state index is 0.212. The van der Waals surface area contributed by atoms with E-state index in [1.165, 1.54) is 15.6 Å². The molecule has 2 N–H and O–H groups in total. The lowest BCUT2D eigenvalue weighted by Crippen LogP contribution is -2.38. The van der Waals surface area contributed by atoms with Gasteiger partial charge in [0.05, 0.1) is 11.4 Å². The summed E-state index contributed by atoms with van der Waals surface area (Å²) < 4.78 is 8.20. The van der Waals surface area contributed by atoms with Gasteiger partial charge in [0.15, 0.2) is 0 Å². The fourth-order valence-electron chi connectivity index (χ4n) is 3.63. The Bertz CT molecular complexity index is 1150. The van der Waals surface area contributed by atoms with Crippen LogP contribution in [0.2, 0.25) is 0 Å². The zero-order chi connectivity index (χ0) is 22.3. The van der Waals surface area contributed by atoms with Gasteiger partial charge in [-0.15, -0.1) is 11.1 Å². The normalized spacial score (nSPS) is 13.9. The van der Waals surface area contributed by atoms with Crippen LogP contribution in [-0.2, 0) is 6.61 Å². The number of ether oxygens (including phenoxy) is 1. The Labute approximate surface area is 182 Å². The van der Waals surface area contributed by atoms with E-state index in [0.29, 0.717) is 18.0 Å². The molecule has 0 radical (unpaired) electrons. The van der Waals surface area contributed by atoms with Crippen LogP contribution < -0.4 is 20.8 Å². The van der Waals surface area contributed by atoms with E-state index in [1.54, 1.807) is 7.05 Å². The number of aryl methyl sites for hydroxylation is 3. The van der Waals surface area contributed by atoms with Crippen molar-refractivity contribution >= 4 is 11.7 Å². The summed E-state index contributed by atoms with van der Waals surface area (Å²) in [5.41, 5.74) is 13.9. The van der Waals surface area contributed by atoms with Crippen LogP contribution in [0.5, 0.6) is 5.75 Å². The van der Waals surface area contributed by atoms with E-state index in [1.807, 2.05) is 36.7 Å². The number of nitrogens with one attached hydrogen (secondary N) is 2. The summed E-state index contributed by atoms with van der Waals surface area (Å²) in [7, 11) is 1.65. The van der Waals surface area contributed by atoms with Crippen molar-refractivity contribution in [1.29, 1.82) is 0 Å². The van der Waals surface area contributed by atoms with Gasteiger partial charge in [0.2, 0.25) is 0 Å². The van der Waals surface area contributed by atoms with Gasteiger partial charge in [0.25, 0.3) is 0 Å². The third-order valence-corrected chi connectivity index (χ3v) is 5.84. The smallest absolute Gasteiger partial charge is 0.355 e. The lowest BCUT2D eigenvalue weighted by Gasteiger charge is -2.20. The molecule has 31 heavy (non-hydrogen) atoms. The topological polar surface area (TPSA) is 74.7 Å². The third kappa shape index (κ3) is 3.75. The highest BCUT2D eigenvalue weighted by molar-refractivity contribution is 5.93. The van der Waals surface area contributed by atoms with Crippen molar-refractivity contribution in [3.63, 3.8) is 0 Å². The van der Waals surface area contributed by atoms with E-state index < -0.39 is 0 Å². The summed E-state index contributed by atoms with van der Waals surface area (Å²) in [6, 6.07) is 11.8. The molecule has 1 fully saturated rings. The van der Waals surface area contributed by atoms with Crippen LogP contribution in [0.15, 0.2) is 36.4 Å². The Hall–Kier alpha value is -3.36. The first-order valence-corrected chi connectivity index (χ1v) is 10.2. The molecule has 0 aliphatic carbocycles. The van der Waals surface area contributed by atoms with Gasteiger partial charge in [0.1, 0.15) is 18.0 Å². The van der Waals surface area contributed by atoms with Crippen LogP contribution in [0.1, 0.15) is 33.6 Å². The molecule has 1 aliphatic heterocycles. The predicted molar refractivity (Wildman–Crippen MR) is 120 cm³/mol. The van der Waals surface area contributed by atoms with E-state index >= 15 is 0 Å². The largest absolute Gasteiger partial charge is 0.486 e. The molecular formula is C23H28N6O2. The molecule has 2 heterocycles. The second-order valence-corrected chi connectivity index (χ2v) is 7.93. The molecule has 0 unspecified atom stereocenters. The van der Waals surface area contributed by atoms with Crippen molar-refractivity contribution in [2.75, 3.05) is 12.1 Å². The third-order valence-electron chi connectivity index (χ3n) is 5.84. The minimum atomic E-state index is -0.212. The molecular weight excluding hydrogens is 392 g/mol. The Morgan fingerprint density at radius 1 is 1.00 bits per heavy atom. The highest BCUT2D eigenvalue weighted by atomic mass is 16.5. The van der Waals surface area contributed by atoms with Crippen molar-refractivity contribution < 1.29 is 9.53 Å². The van der Waals surface area contributed by atoms with E-state index in [-0.39, 0.29) is 6.03 Å². The van der Waals surface area contributed by atoms with Gasteiger partial charge >= 0.3 is 6.03 Å². The second-order valence-electron chi connectivity index (χ2n) is 7.93. The standard InChI is InChI=1S/C23H28N6O2/c1-14-8-7-9-21(29-23(30)27(6)25-26-29)22(14)31-13-19-10-11-20(12-15(19)2)28-18(5)16(3)17(4)24-28/h7-12,25-26H,13H2,1-6H3. The van der Waals surface area contributed by atoms with Gasteiger partial charge in [-0.1, -0.05) is 18.2 Å². The average Bonchev–Trinajstić information content (AvgIpc) is 3.21. The Morgan fingerprint density at radius 3 is 2.39 bits per heavy atom. The fraction of sp³-hybridized carbons (Fsp3) is 0.304. The van der Waals surface area contributed by atoms with Crippen molar-refractivity contribution in [1.82, 2.24) is 25.9 Å². The number of anilines is 1. The SMILES string of the molecule is Cc1cc(-n2nc(C)c(C)c2C)ccc1COc1c(C)cccc1N1NNN(C)C1=O. The molecule has 8 nitrogen and oxygen atoms in total. The number of para-hydroxylation sites is 1. The number of benzene rings is 2. The molecule has 8 heteroatoms. The quantitative estimate of drug-likeness (QED) is 0.657. The fourth-order valence-corrected chi connectivity index (χ4v) is 3.63. The number of urea groups is 1. The summed E-state index contributed by atoms with van der Waals surface area (Å²) in [5, 5.41) is 7.46. The van der Waals surface area contributed by atoms with Crippen LogP contribution in [0, 0.1) is 34.6 Å². The van der Waals surface area contributed by atoms with E-state index in [4.69, 9.17) is 4.74 Å². The molecule has 4 rings (SSSR count). The summed E-state index contributed by atoms with van der Waals surface area (Å²) in [6.07, 6.45) is 0. The Morgan fingerprint density at radius 2 is 1.77 bits per heavy atom. The average molecular weight is 421 g/mol. The van der Waals surface area contributed by atoms with Crippen molar-refractivity contribution in [3.05, 3.63) is 70.0 Å². The number of hydrogen-bond acceptors (Lipinski definition) is 5. The molecule has 3 aromatic rings. The number of carbonyl (C=O) groups is 1. The molecule has 1 aliphatic rings. The Kier molecular flexibility index (Phi) is 5.43. The van der Waals surface area contributed by atoms with Crippen molar-refractivity contribution in [2.45, 2.75) is 41.2 Å². The molecule has 0 saturated carbocycles. The number of carbonyl (C=O) groups excluding carboxylic acids is 1. The summed E-state index contributed by atoms with van der Waals surface area (Å²) >= 11 is 0. The van der Waals surface area contributed by atoms with Gasteiger partial charge in [0, 0.05) is 12.7 Å². The second kappa shape index (κ2) is 8.05. The molecule has 162 valence electrons. The maximum absolute atomic E-state index is 12.4. The molecule has 0 spiro atoms. The number of nitrogens with zero attached hydrogens (tertiary/aromatic N) is 4. The van der Waals surface area contributed by atoms with Gasteiger partial charge in [-0.3, -0.25) is 0 Å². The summed E-state index contributed by atoms with van der Waals surface area (Å²) in [6.45, 7) is 10.6. The van der Waals surface area contributed by atoms with Gasteiger partial charge in [-0.25, -0.2) is 19.5 Å². The number of hydrogen-bond donors (Lipinski definition) is 2. The zero-order valence-corrected chi connectivity index (χ0v) is 18.8. The Balaban J connectivity index is 1.58. The lowest BCUT2D eigenvalue weighted by molar-refractivity contribution is 0.214. The van der Waals surface area contributed by atoms with Crippen LogP contribution in [-0.4, -0.2) is 27.9 Å². The van der Waals surface area contributed by atoms with Gasteiger partial charge < -0.3 is 4.74 Å². The zero-order valence-electron chi connectivity index (χ0n) is 18.8. The first-order chi connectivity index (χ1) is 14.8. The predicted octanol–water partition coefficient (Wildman–Crippen LogP) is 3.79. The molecule has 1 saturated heterocycles. The molecule has 0 bridgehead atoms. The van der Waals surface area contributed by atoms with Gasteiger partial charge in [-0.05, 0) is 75.1 Å². The van der Waals surface area contributed by atoms with Gasteiger partial charge in [-0.2, -0.15) is 5.10 Å². The van der Waals surface area contributed by atoms with E-state index in [2.05, 4.69) is 55.1 Å². The first-order valence-electron chi connectivity index (χ1n) is 10.2. The summed E-state index contributed by atoms with van der Waals surface area (Å²) in [4.78, 5) is 12.4. The number of hydrazine groups is 3. The maximum Gasteiger partial charge on any atom is 0.355 e. The monoisotopic (exact) mass is 420 g/mol. The van der Waals surface area contributed by atoms with Crippen LogP contribution in [0.3, 0.4) is 0 Å². The van der Waals surface area contributed by atoms with Crippen LogP contribution >= 0.6 is 0 Å². The molecule has 1 aromatic heterocycles. The van der Waals surface area contributed by atoms with Crippen molar-refractivity contribution in [3.8, 4) is 11.4 Å².